The number of benzene rings is 1. The molecule has 18 heavy (non-hydrogen) atoms. The first kappa shape index (κ1) is 13.8. The largest absolute Gasteiger partial charge is 0.443 e. The molecule has 1 unspecified atom stereocenters. The lowest BCUT2D eigenvalue weighted by Crippen LogP contribution is -2.10. The molecule has 0 spiro atoms. The molecular weight excluding hydrogens is 376 g/mol. The van der Waals surface area contributed by atoms with Crippen molar-refractivity contribution in [2.45, 2.75) is 12.2 Å². The summed E-state index contributed by atoms with van der Waals surface area (Å²) < 4.78 is 38.3. The predicted molar refractivity (Wildman–Crippen MR) is 72.3 cm³/mol. The normalized spacial score (nSPS) is 13.6. The quantitative estimate of drug-likeness (QED) is 0.800. The summed E-state index contributed by atoms with van der Waals surface area (Å²) in [6.07, 6.45) is -3.22. The second kappa shape index (κ2) is 5.14. The standard InChI is InChI=1S/C11H8F3IN2S/c12-11(13,14)10-17-5-8(18-10)9(16)6-2-1-3-7(15)4-6/h1-5,9H,16H2. The number of aromatic nitrogens is 1. The number of hydrogen-bond acceptors (Lipinski definition) is 3. The van der Waals surface area contributed by atoms with E-state index in [4.69, 9.17) is 5.73 Å². The van der Waals surface area contributed by atoms with Crippen molar-refractivity contribution in [1.82, 2.24) is 4.98 Å². The van der Waals surface area contributed by atoms with Gasteiger partial charge in [-0.3, -0.25) is 0 Å². The molecule has 2 nitrogen and oxygen atoms in total. The van der Waals surface area contributed by atoms with E-state index in [2.05, 4.69) is 27.6 Å². The molecule has 0 saturated heterocycles. The van der Waals surface area contributed by atoms with E-state index in [1.54, 1.807) is 6.07 Å². The Hall–Kier alpha value is -0.670. The average molecular weight is 384 g/mol. The Labute approximate surface area is 119 Å². The zero-order valence-electron chi connectivity index (χ0n) is 8.91. The van der Waals surface area contributed by atoms with Gasteiger partial charge in [0.1, 0.15) is 0 Å². The van der Waals surface area contributed by atoms with Gasteiger partial charge in [-0.1, -0.05) is 12.1 Å². The summed E-state index contributed by atoms with van der Waals surface area (Å²) in [4.78, 5) is 3.77. The van der Waals surface area contributed by atoms with E-state index >= 15 is 0 Å². The van der Waals surface area contributed by atoms with E-state index in [1.807, 2.05) is 18.2 Å². The van der Waals surface area contributed by atoms with Crippen LogP contribution in [0.15, 0.2) is 30.5 Å². The molecule has 0 aliphatic heterocycles. The zero-order valence-corrected chi connectivity index (χ0v) is 11.9. The van der Waals surface area contributed by atoms with Crippen molar-refractivity contribution in [2.75, 3.05) is 0 Å². The highest BCUT2D eigenvalue weighted by atomic mass is 127. The summed E-state index contributed by atoms with van der Waals surface area (Å²) in [6, 6.07) is 6.78. The van der Waals surface area contributed by atoms with Gasteiger partial charge in [0.25, 0.3) is 0 Å². The fourth-order valence-electron chi connectivity index (χ4n) is 1.43. The van der Waals surface area contributed by atoms with Gasteiger partial charge in [-0.15, -0.1) is 11.3 Å². The Morgan fingerprint density at radius 3 is 2.61 bits per heavy atom. The number of nitrogens with two attached hydrogens (primary N) is 1. The Morgan fingerprint density at radius 2 is 2.06 bits per heavy atom. The smallest absolute Gasteiger partial charge is 0.320 e. The van der Waals surface area contributed by atoms with E-state index in [0.29, 0.717) is 16.2 Å². The van der Waals surface area contributed by atoms with E-state index < -0.39 is 17.2 Å². The first-order valence-corrected chi connectivity index (χ1v) is 6.81. The first-order valence-electron chi connectivity index (χ1n) is 4.92. The highest BCUT2D eigenvalue weighted by Crippen LogP contribution is 2.35. The minimum atomic E-state index is -4.41. The number of rotatable bonds is 2. The molecule has 0 saturated carbocycles. The molecule has 0 aliphatic carbocycles. The number of alkyl halides is 3. The Morgan fingerprint density at radius 1 is 1.33 bits per heavy atom. The molecule has 2 aromatic rings. The van der Waals surface area contributed by atoms with Crippen LogP contribution in [-0.2, 0) is 6.18 Å². The molecule has 1 aromatic carbocycles. The molecule has 0 fully saturated rings. The molecule has 1 aromatic heterocycles. The lowest BCUT2D eigenvalue weighted by atomic mass is 10.1. The van der Waals surface area contributed by atoms with Crippen LogP contribution < -0.4 is 5.73 Å². The van der Waals surface area contributed by atoms with E-state index in [-0.39, 0.29) is 0 Å². The lowest BCUT2D eigenvalue weighted by Gasteiger charge is -2.09. The molecule has 0 amide bonds. The predicted octanol–water partition coefficient (Wildman–Crippen LogP) is 3.81. The second-order valence-electron chi connectivity index (χ2n) is 3.60. The van der Waals surface area contributed by atoms with Crippen molar-refractivity contribution in [1.29, 1.82) is 0 Å². The number of hydrogen-bond donors (Lipinski definition) is 1. The molecule has 0 aliphatic rings. The maximum atomic E-state index is 12.4. The Kier molecular flexibility index (Phi) is 3.93. The monoisotopic (exact) mass is 384 g/mol. The molecule has 1 atom stereocenters. The third-order valence-electron chi connectivity index (χ3n) is 2.28. The molecule has 0 radical (unpaired) electrons. The summed E-state index contributed by atoms with van der Waals surface area (Å²) in [5, 5.41) is -0.862. The summed E-state index contributed by atoms with van der Waals surface area (Å²) in [5.41, 5.74) is 6.72. The number of halogens is 4. The van der Waals surface area contributed by atoms with Crippen LogP contribution >= 0.6 is 33.9 Å². The van der Waals surface area contributed by atoms with Gasteiger partial charge in [0.15, 0.2) is 5.01 Å². The molecule has 2 rings (SSSR count). The molecular formula is C11H8F3IN2S. The fourth-order valence-corrected chi connectivity index (χ4v) is 2.81. The SMILES string of the molecule is NC(c1cccc(I)c1)c1cnc(C(F)(F)F)s1. The van der Waals surface area contributed by atoms with Gasteiger partial charge >= 0.3 is 6.18 Å². The van der Waals surface area contributed by atoms with Gasteiger partial charge in [-0.25, -0.2) is 4.98 Å². The second-order valence-corrected chi connectivity index (χ2v) is 5.91. The highest BCUT2D eigenvalue weighted by Gasteiger charge is 2.35. The van der Waals surface area contributed by atoms with Crippen LogP contribution in [0.4, 0.5) is 13.2 Å². The van der Waals surface area contributed by atoms with Gasteiger partial charge in [-0.2, -0.15) is 13.2 Å². The lowest BCUT2D eigenvalue weighted by molar-refractivity contribution is -0.137. The fraction of sp³-hybridized carbons (Fsp3) is 0.182. The minimum absolute atomic E-state index is 0.407. The van der Waals surface area contributed by atoms with Crippen LogP contribution in [-0.4, -0.2) is 4.98 Å². The first-order chi connectivity index (χ1) is 8.38. The topological polar surface area (TPSA) is 38.9 Å². The van der Waals surface area contributed by atoms with Crippen LogP contribution in [0.1, 0.15) is 21.5 Å². The van der Waals surface area contributed by atoms with Gasteiger partial charge in [0.05, 0.1) is 6.04 Å². The summed E-state index contributed by atoms with van der Waals surface area (Å²) in [6.45, 7) is 0. The van der Waals surface area contributed by atoms with E-state index in [0.717, 1.165) is 9.13 Å². The summed E-state index contributed by atoms with van der Waals surface area (Å²) in [7, 11) is 0. The minimum Gasteiger partial charge on any atom is -0.320 e. The third-order valence-corrected chi connectivity index (χ3v) is 4.08. The van der Waals surface area contributed by atoms with E-state index in [1.165, 1.54) is 6.20 Å². The van der Waals surface area contributed by atoms with Crippen molar-refractivity contribution >= 4 is 33.9 Å². The van der Waals surface area contributed by atoms with Gasteiger partial charge in [0.2, 0.25) is 0 Å². The van der Waals surface area contributed by atoms with Crippen molar-refractivity contribution in [3.05, 3.63) is 49.5 Å². The molecule has 0 bridgehead atoms. The van der Waals surface area contributed by atoms with Crippen LogP contribution in [0.2, 0.25) is 0 Å². The Balaban J connectivity index is 2.29. The maximum absolute atomic E-state index is 12.4. The number of thiazole rings is 1. The van der Waals surface area contributed by atoms with Gasteiger partial charge < -0.3 is 5.73 Å². The van der Waals surface area contributed by atoms with Gasteiger partial charge in [-0.05, 0) is 40.3 Å². The summed E-state index contributed by atoms with van der Waals surface area (Å²) >= 11 is 2.71. The number of nitrogens with zero attached hydrogens (tertiary/aromatic N) is 1. The van der Waals surface area contributed by atoms with Crippen molar-refractivity contribution in [3.8, 4) is 0 Å². The van der Waals surface area contributed by atoms with Gasteiger partial charge in [0, 0.05) is 14.6 Å². The van der Waals surface area contributed by atoms with Crippen LogP contribution in [0.5, 0.6) is 0 Å². The molecule has 2 N–H and O–H groups in total. The molecule has 96 valence electrons. The van der Waals surface area contributed by atoms with E-state index in [9.17, 15) is 13.2 Å². The Bertz CT molecular complexity index is 553. The van der Waals surface area contributed by atoms with Crippen LogP contribution in [0.25, 0.3) is 0 Å². The molecule has 1 heterocycles. The summed E-state index contributed by atoms with van der Waals surface area (Å²) in [5.74, 6) is 0. The van der Waals surface area contributed by atoms with Crippen LogP contribution in [0.3, 0.4) is 0 Å². The van der Waals surface area contributed by atoms with Crippen molar-refractivity contribution in [2.24, 2.45) is 5.73 Å². The third kappa shape index (κ3) is 3.01. The van der Waals surface area contributed by atoms with Crippen molar-refractivity contribution < 1.29 is 13.2 Å². The van der Waals surface area contributed by atoms with Crippen LogP contribution in [0, 0.1) is 3.57 Å². The maximum Gasteiger partial charge on any atom is 0.443 e. The highest BCUT2D eigenvalue weighted by molar-refractivity contribution is 14.1. The average Bonchev–Trinajstić information content (AvgIpc) is 2.77. The van der Waals surface area contributed by atoms with Crippen molar-refractivity contribution in [3.63, 3.8) is 0 Å². The molecule has 7 heteroatoms. The zero-order chi connectivity index (χ0) is 13.3.